The molecule has 1 aliphatic rings. The number of aryl methyl sites for hydroxylation is 2. The molecule has 0 atom stereocenters. The Balaban J connectivity index is 1.31. The Hall–Kier alpha value is -2.23. The summed E-state index contributed by atoms with van der Waals surface area (Å²) in [4.78, 5) is 21.7. The van der Waals surface area contributed by atoms with E-state index in [0.717, 1.165) is 66.5 Å². The summed E-state index contributed by atoms with van der Waals surface area (Å²) in [5.74, 6) is 1.40. The SMILES string of the molecule is CCn1c(SCC(=O)N2CCN(Cc3csc(C)n3)CC2)nnc1-c1cccc(C)c1. The number of amides is 1. The molecule has 31 heavy (non-hydrogen) atoms. The summed E-state index contributed by atoms with van der Waals surface area (Å²) in [7, 11) is 0. The van der Waals surface area contributed by atoms with Gasteiger partial charge in [-0.1, -0.05) is 35.5 Å². The van der Waals surface area contributed by atoms with Crippen molar-refractivity contribution in [2.45, 2.75) is 39.0 Å². The molecule has 7 nitrogen and oxygen atoms in total. The molecule has 9 heteroatoms. The molecule has 164 valence electrons. The molecule has 0 aliphatic carbocycles. The molecule has 1 saturated heterocycles. The van der Waals surface area contributed by atoms with Gasteiger partial charge in [0.25, 0.3) is 0 Å². The number of rotatable bonds is 7. The van der Waals surface area contributed by atoms with E-state index < -0.39 is 0 Å². The molecule has 1 amide bonds. The second-order valence-corrected chi connectivity index (χ2v) is 9.73. The van der Waals surface area contributed by atoms with Gasteiger partial charge in [-0.05, 0) is 26.8 Å². The van der Waals surface area contributed by atoms with E-state index in [1.54, 1.807) is 11.3 Å². The lowest BCUT2D eigenvalue weighted by molar-refractivity contribution is -0.130. The Morgan fingerprint density at radius 2 is 1.97 bits per heavy atom. The van der Waals surface area contributed by atoms with Crippen molar-refractivity contribution in [1.29, 1.82) is 0 Å². The van der Waals surface area contributed by atoms with Crippen LogP contribution in [0.25, 0.3) is 11.4 Å². The molecule has 3 aromatic rings. The van der Waals surface area contributed by atoms with Crippen LogP contribution in [0.15, 0.2) is 34.8 Å². The maximum absolute atomic E-state index is 12.8. The molecule has 0 N–H and O–H groups in total. The zero-order valence-electron chi connectivity index (χ0n) is 18.2. The topological polar surface area (TPSA) is 67.2 Å². The van der Waals surface area contributed by atoms with Crippen LogP contribution in [0.5, 0.6) is 0 Å². The van der Waals surface area contributed by atoms with Crippen molar-refractivity contribution in [2.24, 2.45) is 0 Å². The molecular weight excluding hydrogens is 428 g/mol. The summed E-state index contributed by atoms with van der Waals surface area (Å²) in [5.41, 5.74) is 3.37. The molecular formula is C22H28N6OS2. The summed E-state index contributed by atoms with van der Waals surface area (Å²) in [5, 5.41) is 12.8. The number of carbonyl (C=O) groups excluding carboxylic acids is 1. The monoisotopic (exact) mass is 456 g/mol. The molecule has 1 aromatic carbocycles. The van der Waals surface area contributed by atoms with Crippen LogP contribution in [-0.4, -0.2) is 67.4 Å². The Kier molecular flexibility index (Phi) is 7.04. The van der Waals surface area contributed by atoms with E-state index in [4.69, 9.17) is 0 Å². The molecule has 3 heterocycles. The highest BCUT2D eigenvalue weighted by Gasteiger charge is 2.23. The van der Waals surface area contributed by atoms with E-state index in [-0.39, 0.29) is 5.91 Å². The van der Waals surface area contributed by atoms with E-state index in [0.29, 0.717) is 5.75 Å². The highest BCUT2D eigenvalue weighted by Crippen LogP contribution is 2.25. The molecule has 1 fully saturated rings. The fraction of sp³-hybridized carbons (Fsp3) is 0.455. The highest BCUT2D eigenvalue weighted by molar-refractivity contribution is 7.99. The first-order valence-corrected chi connectivity index (χ1v) is 12.4. The second-order valence-electron chi connectivity index (χ2n) is 7.72. The Labute approximate surface area is 191 Å². The average Bonchev–Trinajstić information content (AvgIpc) is 3.38. The first-order valence-electron chi connectivity index (χ1n) is 10.6. The van der Waals surface area contributed by atoms with Gasteiger partial charge in [0.05, 0.1) is 16.5 Å². The van der Waals surface area contributed by atoms with Crippen molar-refractivity contribution in [3.63, 3.8) is 0 Å². The van der Waals surface area contributed by atoms with Crippen LogP contribution in [0.1, 0.15) is 23.2 Å². The number of hydrogen-bond acceptors (Lipinski definition) is 7. The summed E-state index contributed by atoms with van der Waals surface area (Å²) in [6.45, 7) is 11.1. The summed E-state index contributed by atoms with van der Waals surface area (Å²) < 4.78 is 2.08. The average molecular weight is 457 g/mol. The molecule has 1 aliphatic heterocycles. The number of carbonyl (C=O) groups is 1. The van der Waals surface area contributed by atoms with Gasteiger partial charge in [-0.3, -0.25) is 9.69 Å². The molecule has 0 bridgehead atoms. The number of hydrogen-bond donors (Lipinski definition) is 0. The predicted octanol–water partition coefficient (Wildman–Crippen LogP) is 3.47. The van der Waals surface area contributed by atoms with Gasteiger partial charge < -0.3 is 9.47 Å². The van der Waals surface area contributed by atoms with Crippen molar-refractivity contribution in [1.82, 2.24) is 29.5 Å². The molecule has 0 saturated carbocycles. The minimum absolute atomic E-state index is 0.164. The van der Waals surface area contributed by atoms with Gasteiger partial charge >= 0.3 is 0 Å². The summed E-state index contributed by atoms with van der Waals surface area (Å²) >= 11 is 3.16. The quantitative estimate of drug-likeness (QED) is 0.507. The van der Waals surface area contributed by atoms with Gasteiger partial charge in [0.2, 0.25) is 5.91 Å². The number of nitrogens with zero attached hydrogens (tertiary/aromatic N) is 6. The number of aromatic nitrogens is 4. The minimum Gasteiger partial charge on any atom is -0.339 e. The fourth-order valence-corrected chi connectivity index (χ4v) is 5.27. The van der Waals surface area contributed by atoms with Crippen LogP contribution >= 0.6 is 23.1 Å². The van der Waals surface area contributed by atoms with Crippen molar-refractivity contribution in [3.8, 4) is 11.4 Å². The van der Waals surface area contributed by atoms with E-state index in [9.17, 15) is 4.79 Å². The van der Waals surface area contributed by atoms with Crippen molar-refractivity contribution in [3.05, 3.63) is 45.9 Å². The predicted molar refractivity (Wildman–Crippen MR) is 125 cm³/mol. The van der Waals surface area contributed by atoms with E-state index >= 15 is 0 Å². The van der Waals surface area contributed by atoms with Gasteiger partial charge in [-0.15, -0.1) is 21.5 Å². The van der Waals surface area contributed by atoms with Gasteiger partial charge in [0.15, 0.2) is 11.0 Å². The smallest absolute Gasteiger partial charge is 0.233 e. The standard InChI is InChI=1S/C22H28N6OS2/c1-4-28-21(18-7-5-6-16(2)12-18)24-25-22(28)31-15-20(29)27-10-8-26(9-11-27)13-19-14-30-17(3)23-19/h5-7,12,14H,4,8-11,13,15H2,1-3H3. The largest absolute Gasteiger partial charge is 0.339 e. The summed E-state index contributed by atoms with van der Waals surface area (Å²) in [6.07, 6.45) is 0. The van der Waals surface area contributed by atoms with Crippen LogP contribution in [0.4, 0.5) is 0 Å². The number of piperazine rings is 1. The van der Waals surface area contributed by atoms with Gasteiger partial charge in [0, 0.05) is 50.2 Å². The van der Waals surface area contributed by atoms with Gasteiger partial charge in [-0.2, -0.15) is 0 Å². The zero-order chi connectivity index (χ0) is 21.8. The second kappa shape index (κ2) is 9.93. The lowest BCUT2D eigenvalue weighted by Crippen LogP contribution is -2.48. The maximum atomic E-state index is 12.8. The van der Waals surface area contributed by atoms with Gasteiger partial charge in [-0.25, -0.2) is 4.98 Å². The van der Waals surface area contributed by atoms with Crippen molar-refractivity contribution < 1.29 is 4.79 Å². The minimum atomic E-state index is 0.164. The van der Waals surface area contributed by atoms with E-state index in [1.807, 2.05) is 17.9 Å². The Morgan fingerprint density at radius 3 is 2.65 bits per heavy atom. The maximum Gasteiger partial charge on any atom is 0.233 e. The number of benzene rings is 1. The zero-order valence-corrected chi connectivity index (χ0v) is 19.9. The van der Waals surface area contributed by atoms with E-state index in [1.165, 1.54) is 17.3 Å². The van der Waals surface area contributed by atoms with Crippen LogP contribution in [-0.2, 0) is 17.9 Å². The van der Waals surface area contributed by atoms with Crippen LogP contribution < -0.4 is 0 Å². The number of thioether (sulfide) groups is 1. The third kappa shape index (κ3) is 5.34. The molecule has 0 spiro atoms. The first kappa shape index (κ1) is 22.0. The normalized spacial score (nSPS) is 14.9. The molecule has 4 rings (SSSR count). The fourth-order valence-electron chi connectivity index (χ4n) is 3.76. The highest BCUT2D eigenvalue weighted by atomic mass is 32.2. The lowest BCUT2D eigenvalue weighted by atomic mass is 10.1. The lowest BCUT2D eigenvalue weighted by Gasteiger charge is -2.34. The first-order chi connectivity index (χ1) is 15.0. The molecule has 0 radical (unpaired) electrons. The Bertz CT molecular complexity index is 1040. The third-order valence-electron chi connectivity index (χ3n) is 5.41. The van der Waals surface area contributed by atoms with Crippen LogP contribution in [0, 0.1) is 13.8 Å². The number of thiazole rings is 1. The van der Waals surface area contributed by atoms with Crippen molar-refractivity contribution in [2.75, 3.05) is 31.9 Å². The van der Waals surface area contributed by atoms with Crippen LogP contribution in [0.3, 0.4) is 0 Å². The summed E-state index contributed by atoms with van der Waals surface area (Å²) in [6, 6.07) is 8.27. The Morgan fingerprint density at radius 1 is 1.16 bits per heavy atom. The van der Waals surface area contributed by atoms with Crippen LogP contribution in [0.2, 0.25) is 0 Å². The molecule has 0 unspecified atom stereocenters. The van der Waals surface area contributed by atoms with E-state index in [2.05, 4.69) is 62.1 Å². The van der Waals surface area contributed by atoms with Crippen molar-refractivity contribution >= 4 is 29.0 Å². The van der Waals surface area contributed by atoms with Gasteiger partial charge in [0.1, 0.15) is 0 Å². The molecule has 2 aromatic heterocycles. The third-order valence-corrected chi connectivity index (χ3v) is 7.19.